The molecule has 2 aromatic carbocycles. The average molecular weight is 360 g/mol. The Bertz CT molecular complexity index is 701. The first-order valence-electron chi connectivity index (χ1n) is 8.37. The summed E-state index contributed by atoms with van der Waals surface area (Å²) in [6.07, 6.45) is 5.36. The lowest BCUT2D eigenvalue weighted by Gasteiger charge is -2.25. The minimum absolute atomic E-state index is 0.154. The zero-order chi connectivity index (χ0) is 16.9. The quantitative estimate of drug-likeness (QED) is 0.677. The summed E-state index contributed by atoms with van der Waals surface area (Å²) in [5.74, 6) is 0.538. The van der Waals surface area contributed by atoms with Crippen LogP contribution in [0.15, 0.2) is 53.4 Å². The molecular weight excluding hydrogens is 338 g/mol. The van der Waals surface area contributed by atoms with Crippen LogP contribution in [0.5, 0.6) is 0 Å². The van der Waals surface area contributed by atoms with Crippen LogP contribution in [-0.2, 0) is 0 Å². The van der Waals surface area contributed by atoms with Crippen LogP contribution in [0, 0.1) is 0 Å². The van der Waals surface area contributed by atoms with Crippen molar-refractivity contribution in [1.82, 2.24) is 4.90 Å². The first kappa shape index (κ1) is 17.4. The van der Waals surface area contributed by atoms with Crippen LogP contribution in [0.2, 0.25) is 5.02 Å². The highest BCUT2D eigenvalue weighted by Gasteiger charge is 2.25. The molecule has 3 rings (SSSR count). The van der Waals surface area contributed by atoms with Crippen molar-refractivity contribution in [2.45, 2.75) is 30.1 Å². The Morgan fingerprint density at radius 3 is 2.62 bits per heavy atom. The predicted molar refractivity (Wildman–Crippen MR) is 102 cm³/mol. The number of amides is 1. The van der Waals surface area contributed by atoms with Gasteiger partial charge in [-0.3, -0.25) is 4.79 Å². The van der Waals surface area contributed by atoms with Crippen molar-refractivity contribution < 1.29 is 4.79 Å². The van der Waals surface area contributed by atoms with Gasteiger partial charge >= 0.3 is 0 Å². The standard InChI is InChI=1S/C20H22ClNOS/c1-24-19-8-3-2-7-18(19)20(23)22-13-5-4-6-16(14-22)15-9-11-17(21)12-10-15/h2-3,7-12,16H,4-6,13-14H2,1H3. The van der Waals surface area contributed by atoms with Crippen molar-refractivity contribution in [1.29, 1.82) is 0 Å². The molecule has 0 aromatic heterocycles. The number of halogens is 1. The van der Waals surface area contributed by atoms with Crippen molar-refractivity contribution in [3.05, 3.63) is 64.7 Å². The molecule has 0 radical (unpaired) electrons. The maximum Gasteiger partial charge on any atom is 0.255 e. The maximum atomic E-state index is 13.1. The number of likely N-dealkylation sites (tertiary alicyclic amines) is 1. The number of benzene rings is 2. The van der Waals surface area contributed by atoms with Gasteiger partial charge in [0.2, 0.25) is 0 Å². The largest absolute Gasteiger partial charge is 0.338 e. The summed E-state index contributed by atoms with van der Waals surface area (Å²) < 4.78 is 0. The molecule has 0 saturated carbocycles. The van der Waals surface area contributed by atoms with E-state index in [1.165, 1.54) is 5.56 Å². The lowest BCUT2D eigenvalue weighted by molar-refractivity contribution is 0.0751. The van der Waals surface area contributed by atoms with E-state index in [2.05, 4.69) is 12.1 Å². The van der Waals surface area contributed by atoms with Crippen molar-refractivity contribution in [2.75, 3.05) is 19.3 Å². The summed E-state index contributed by atoms with van der Waals surface area (Å²) in [7, 11) is 0. The third-order valence-electron chi connectivity index (χ3n) is 4.64. The summed E-state index contributed by atoms with van der Waals surface area (Å²) in [6.45, 7) is 1.62. The normalized spacial score (nSPS) is 18.2. The van der Waals surface area contributed by atoms with E-state index in [9.17, 15) is 4.79 Å². The molecule has 1 saturated heterocycles. The Morgan fingerprint density at radius 1 is 1.12 bits per heavy atom. The van der Waals surface area contributed by atoms with Crippen LogP contribution in [0.4, 0.5) is 0 Å². The van der Waals surface area contributed by atoms with Crippen LogP contribution in [-0.4, -0.2) is 30.2 Å². The second kappa shape index (κ2) is 8.09. The van der Waals surface area contributed by atoms with Gasteiger partial charge in [0.25, 0.3) is 5.91 Å². The number of nitrogens with zero attached hydrogens (tertiary/aromatic N) is 1. The smallest absolute Gasteiger partial charge is 0.255 e. The molecular formula is C20H22ClNOS. The Hall–Kier alpha value is -1.45. The van der Waals surface area contributed by atoms with Gasteiger partial charge in [-0.05, 0) is 48.9 Å². The van der Waals surface area contributed by atoms with E-state index in [-0.39, 0.29) is 5.91 Å². The van der Waals surface area contributed by atoms with E-state index in [1.54, 1.807) is 11.8 Å². The van der Waals surface area contributed by atoms with Gasteiger partial charge in [-0.25, -0.2) is 0 Å². The summed E-state index contributed by atoms with van der Waals surface area (Å²) in [4.78, 5) is 16.1. The monoisotopic (exact) mass is 359 g/mol. The van der Waals surface area contributed by atoms with E-state index < -0.39 is 0 Å². The summed E-state index contributed by atoms with van der Waals surface area (Å²) in [6, 6.07) is 16.0. The molecule has 1 heterocycles. The lowest BCUT2D eigenvalue weighted by Crippen LogP contribution is -2.34. The van der Waals surface area contributed by atoms with E-state index in [4.69, 9.17) is 11.6 Å². The minimum atomic E-state index is 0.154. The van der Waals surface area contributed by atoms with Crippen LogP contribution >= 0.6 is 23.4 Å². The topological polar surface area (TPSA) is 20.3 Å². The average Bonchev–Trinajstić information content (AvgIpc) is 2.88. The fourth-order valence-electron chi connectivity index (χ4n) is 3.33. The molecule has 126 valence electrons. The Morgan fingerprint density at radius 2 is 1.88 bits per heavy atom. The van der Waals surface area contributed by atoms with Crippen molar-refractivity contribution >= 4 is 29.3 Å². The number of thioether (sulfide) groups is 1. The Labute approximate surface area is 153 Å². The summed E-state index contributed by atoms with van der Waals surface area (Å²) in [5.41, 5.74) is 2.10. The van der Waals surface area contributed by atoms with E-state index >= 15 is 0 Å². The van der Waals surface area contributed by atoms with Crippen molar-refractivity contribution in [3.8, 4) is 0 Å². The molecule has 0 spiro atoms. The molecule has 24 heavy (non-hydrogen) atoms. The highest BCUT2D eigenvalue weighted by atomic mass is 35.5. The predicted octanol–water partition coefficient (Wildman–Crippen LogP) is 5.47. The van der Waals surface area contributed by atoms with Crippen LogP contribution in [0.1, 0.15) is 41.1 Å². The van der Waals surface area contributed by atoms with Gasteiger partial charge < -0.3 is 4.90 Å². The van der Waals surface area contributed by atoms with Gasteiger partial charge in [-0.2, -0.15) is 0 Å². The fourth-order valence-corrected chi connectivity index (χ4v) is 4.04. The number of carbonyl (C=O) groups is 1. The third-order valence-corrected chi connectivity index (χ3v) is 5.69. The van der Waals surface area contributed by atoms with E-state index in [0.29, 0.717) is 5.92 Å². The van der Waals surface area contributed by atoms with E-state index in [0.717, 1.165) is 47.8 Å². The maximum absolute atomic E-state index is 13.1. The molecule has 1 amide bonds. The number of hydrogen-bond donors (Lipinski definition) is 0. The first-order valence-corrected chi connectivity index (χ1v) is 9.97. The van der Waals surface area contributed by atoms with Gasteiger partial charge in [0, 0.05) is 28.9 Å². The van der Waals surface area contributed by atoms with Crippen LogP contribution in [0.25, 0.3) is 0 Å². The first-order chi connectivity index (χ1) is 11.7. The highest BCUT2D eigenvalue weighted by molar-refractivity contribution is 7.98. The van der Waals surface area contributed by atoms with Crippen molar-refractivity contribution in [2.24, 2.45) is 0 Å². The van der Waals surface area contributed by atoms with E-state index in [1.807, 2.05) is 47.6 Å². The van der Waals surface area contributed by atoms with Gasteiger partial charge in [0.15, 0.2) is 0 Å². The third kappa shape index (κ3) is 3.96. The van der Waals surface area contributed by atoms with Crippen LogP contribution < -0.4 is 0 Å². The molecule has 1 aliphatic heterocycles. The molecule has 0 N–H and O–H groups in total. The Kier molecular flexibility index (Phi) is 5.85. The van der Waals surface area contributed by atoms with Gasteiger partial charge in [-0.1, -0.05) is 42.3 Å². The van der Waals surface area contributed by atoms with Gasteiger partial charge in [0.1, 0.15) is 0 Å². The number of rotatable bonds is 3. The Balaban J connectivity index is 1.82. The minimum Gasteiger partial charge on any atom is -0.338 e. The molecule has 1 aliphatic rings. The van der Waals surface area contributed by atoms with Crippen LogP contribution in [0.3, 0.4) is 0 Å². The zero-order valence-electron chi connectivity index (χ0n) is 13.9. The second-order valence-electron chi connectivity index (χ2n) is 6.20. The summed E-state index contributed by atoms with van der Waals surface area (Å²) in [5, 5.41) is 0.759. The second-order valence-corrected chi connectivity index (χ2v) is 7.48. The zero-order valence-corrected chi connectivity index (χ0v) is 15.4. The van der Waals surface area contributed by atoms with Gasteiger partial charge in [0.05, 0.1) is 5.56 Å². The molecule has 4 heteroatoms. The number of carbonyl (C=O) groups excluding carboxylic acids is 1. The lowest BCUT2D eigenvalue weighted by atomic mass is 9.94. The van der Waals surface area contributed by atoms with Crippen molar-refractivity contribution in [3.63, 3.8) is 0 Å². The molecule has 1 atom stereocenters. The highest BCUT2D eigenvalue weighted by Crippen LogP contribution is 2.29. The fraction of sp³-hybridized carbons (Fsp3) is 0.350. The molecule has 2 nitrogen and oxygen atoms in total. The molecule has 1 unspecified atom stereocenters. The molecule has 0 aliphatic carbocycles. The molecule has 2 aromatic rings. The molecule has 1 fully saturated rings. The molecule has 0 bridgehead atoms. The number of hydrogen-bond acceptors (Lipinski definition) is 2. The van der Waals surface area contributed by atoms with Gasteiger partial charge in [-0.15, -0.1) is 11.8 Å². The SMILES string of the molecule is CSc1ccccc1C(=O)N1CCCCC(c2ccc(Cl)cc2)C1. The summed E-state index contributed by atoms with van der Waals surface area (Å²) >= 11 is 7.64.